The number of hydrogen-bond donors (Lipinski definition) is 0. The number of piperidine rings is 1. The Morgan fingerprint density at radius 1 is 0.702 bits per heavy atom. The maximum atomic E-state index is 14.3. The lowest BCUT2D eigenvalue weighted by atomic mass is 9.89. The molecular formula is C36H55N5O4S2. The molecule has 260 valence electrons. The van der Waals surface area contributed by atoms with Crippen molar-refractivity contribution in [3.05, 3.63) is 72.3 Å². The quantitative estimate of drug-likeness (QED) is 0.346. The predicted octanol–water partition coefficient (Wildman–Crippen LogP) is 5.40. The number of hydrogen-bond acceptors (Lipinski definition) is 6. The first-order valence-corrected chi connectivity index (χ1v) is 20.3. The van der Waals surface area contributed by atoms with Gasteiger partial charge < -0.3 is 9.80 Å². The molecule has 3 fully saturated rings. The van der Waals surface area contributed by atoms with Crippen LogP contribution < -0.4 is 4.90 Å². The van der Waals surface area contributed by atoms with Gasteiger partial charge in [-0.05, 0) is 98.9 Å². The first-order chi connectivity index (χ1) is 22.5. The number of nitrogens with zero attached hydrogens (tertiary/aromatic N) is 5. The minimum atomic E-state index is -3.83. The fraction of sp³-hybridized carbons (Fsp3) is 0.611. The van der Waals surface area contributed by atoms with Crippen molar-refractivity contribution in [1.29, 1.82) is 0 Å². The van der Waals surface area contributed by atoms with Crippen LogP contribution in [0.15, 0.2) is 71.6 Å². The highest BCUT2D eigenvalue weighted by Gasteiger charge is 2.35. The molecule has 2 aromatic rings. The molecule has 11 heteroatoms. The van der Waals surface area contributed by atoms with Gasteiger partial charge in [-0.25, -0.2) is 8.42 Å². The highest BCUT2D eigenvalue weighted by Crippen LogP contribution is 2.30. The molecule has 9 nitrogen and oxygen atoms in total. The molecule has 2 aromatic carbocycles. The van der Waals surface area contributed by atoms with E-state index in [1.807, 2.05) is 49.3 Å². The normalized spacial score (nSPS) is 23.2. The van der Waals surface area contributed by atoms with Crippen molar-refractivity contribution in [1.82, 2.24) is 17.8 Å². The van der Waals surface area contributed by atoms with Gasteiger partial charge in [0.25, 0.3) is 10.2 Å². The lowest BCUT2D eigenvalue weighted by Gasteiger charge is -2.37. The summed E-state index contributed by atoms with van der Waals surface area (Å²) in [4.78, 5) is 4.64. The van der Waals surface area contributed by atoms with Gasteiger partial charge in [0.2, 0.25) is 10.0 Å². The van der Waals surface area contributed by atoms with Crippen molar-refractivity contribution in [3.8, 4) is 0 Å². The van der Waals surface area contributed by atoms with Gasteiger partial charge in [-0.1, -0.05) is 56.2 Å². The number of sulfonamides is 1. The molecule has 47 heavy (non-hydrogen) atoms. The van der Waals surface area contributed by atoms with Crippen molar-refractivity contribution in [2.75, 3.05) is 77.9 Å². The van der Waals surface area contributed by atoms with Crippen LogP contribution in [0.25, 0.3) is 0 Å². The van der Waals surface area contributed by atoms with Crippen molar-refractivity contribution in [2.45, 2.75) is 68.6 Å². The van der Waals surface area contributed by atoms with Crippen LogP contribution in [0.2, 0.25) is 0 Å². The Labute approximate surface area is 284 Å². The topological polar surface area (TPSA) is 84.5 Å². The summed E-state index contributed by atoms with van der Waals surface area (Å²) in [5.41, 5.74) is 2.68. The molecular weight excluding hydrogens is 631 g/mol. The lowest BCUT2D eigenvalue weighted by molar-refractivity contribution is 0.187. The largest absolute Gasteiger partial charge is 0.378 e. The van der Waals surface area contributed by atoms with Crippen LogP contribution in [0, 0.1) is 5.92 Å². The third-order valence-electron chi connectivity index (χ3n) is 10.1. The van der Waals surface area contributed by atoms with Crippen LogP contribution >= 0.6 is 0 Å². The van der Waals surface area contributed by atoms with Gasteiger partial charge in [-0.2, -0.15) is 21.3 Å². The molecule has 0 bridgehead atoms. The molecule has 0 amide bonds. The summed E-state index contributed by atoms with van der Waals surface area (Å²) in [5.74, 6) is 0.801. The van der Waals surface area contributed by atoms with E-state index in [0.29, 0.717) is 44.1 Å². The summed E-state index contributed by atoms with van der Waals surface area (Å²) in [5, 5.41) is 0. The minimum absolute atomic E-state index is 0.0824. The Hall–Kier alpha value is -2.28. The van der Waals surface area contributed by atoms with Gasteiger partial charge >= 0.3 is 0 Å². The van der Waals surface area contributed by atoms with Gasteiger partial charge in [0.05, 0.1) is 4.90 Å². The lowest BCUT2D eigenvalue weighted by Crippen LogP contribution is -2.49. The van der Waals surface area contributed by atoms with Crippen LogP contribution in [0.5, 0.6) is 0 Å². The summed E-state index contributed by atoms with van der Waals surface area (Å²) >= 11 is 0. The molecule has 5 rings (SSSR count). The average Bonchev–Trinajstić information content (AvgIpc) is 3.07. The molecule has 2 aliphatic heterocycles. The third-order valence-corrected chi connectivity index (χ3v) is 13.9. The highest BCUT2D eigenvalue weighted by molar-refractivity contribution is 7.89. The van der Waals surface area contributed by atoms with E-state index in [4.69, 9.17) is 0 Å². The molecule has 0 N–H and O–H groups in total. The Bertz CT molecular complexity index is 1510. The maximum absolute atomic E-state index is 14.3. The fourth-order valence-electron chi connectivity index (χ4n) is 7.46. The van der Waals surface area contributed by atoms with Crippen molar-refractivity contribution < 1.29 is 16.8 Å². The van der Waals surface area contributed by atoms with Crippen LogP contribution in [0.3, 0.4) is 0 Å². The molecule has 1 atom stereocenters. The van der Waals surface area contributed by atoms with E-state index in [9.17, 15) is 16.8 Å². The predicted molar refractivity (Wildman–Crippen MR) is 191 cm³/mol. The van der Waals surface area contributed by atoms with E-state index in [1.54, 1.807) is 20.7 Å². The molecule has 0 aromatic heterocycles. The Morgan fingerprint density at radius 3 is 1.98 bits per heavy atom. The second-order valence-corrected chi connectivity index (χ2v) is 17.8. The van der Waals surface area contributed by atoms with Crippen molar-refractivity contribution >= 4 is 25.9 Å². The standard InChI is InChI=1S/C36H55N5O4S2/c1-31-27-39(46(42,43)36-20-18-35(19-21-36)37(2)3)25-11-22-38(29-32-13-6-4-7-14-32)23-12-26-40(28-31)47(44,45)41-24-10-17-34(30-41)33-15-8-5-9-16-33/h5,8-9,15-16,18-21,32,34H,1,4,6-7,10-14,17,22-30H2,2-3H3/t34-/m1/s1. The fourth-order valence-corrected chi connectivity index (χ4v) is 10.7. The maximum Gasteiger partial charge on any atom is 0.282 e. The molecule has 0 spiro atoms. The number of benzene rings is 2. The molecule has 1 saturated carbocycles. The van der Waals surface area contributed by atoms with Gasteiger partial charge in [0, 0.05) is 65.6 Å². The van der Waals surface area contributed by atoms with Gasteiger partial charge in [0.1, 0.15) is 0 Å². The van der Waals surface area contributed by atoms with Crippen molar-refractivity contribution in [3.63, 3.8) is 0 Å². The van der Waals surface area contributed by atoms with Crippen molar-refractivity contribution in [2.24, 2.45) is 5.92 Å². The highest BCUT2D eigenvalue weighted by atomic mass is 32.2. The van der Waals surface area contributed by atoms with Crippen LogP contribution in [0.1, 0.15) is 69.3 Å². The smallest absolute Gasteiger partial charge is 0.282 e. The van der Waals surface area contributed by atoms with Gasteiger partial charge in [0.15, 0.2) is 0 Å². The second kappa shape index (κ2) is 16.4. The molecule has 3 aliphatic rings. The first kappa shape index (κ1) is 36.0. The second-order valence-electron chi connectivity index (χ2n) is 13.9. The molecule has 2 heterocycles. The van der Waals surface area contributed by atoms with E-state index in [1.165, 1.54) is 42.0 Å². The number of anilines is 1. The van der Waals surface area contributed by atoms with E-state index >= 15 is 0 Å². The zero-order chi connectivity index (χ0) is 33.4. The first-order valence-electron chi connectivity index (χ1n) is 17.5. The van der Waals surface area contributed by atoms with E-state index in [2.05, 4.69) is 23.6 Å². The summed E-state index contributed by atoms with van der Waals surface area (Å²) in [7, 11) is -3.77. The Morgan fingerprint density at radius 2 is 1.32 bits per heavy atom. The van der Waals surface area contributed by atoms with E-state index in [-0.39, 0.29) is 23.9 Å². The Balaban J connectivity index is 1.38. The summed E-state index contributed by atoms with van der Waals surface area (Å²) in [6.45, 7) is 8.68. The van der Waals surface area contributed by atoms with Crippen LogP contribution in [-0.2, 0) is 20.2 Å². The average molecular weight is 686 g/mol. The zero-order valence-electron chi connectivity index (χ0n) is 28.5. The van der Waals surface area contributed by atoms with E-state index in [0.717, 1.165) is 44.6 Å². The number of rotatable bonds is 8. The van der Waals surface area contributed by atoms with Crippen LogP contribution in [-0.4, -0.2) is 108 Å². The monoisotopic (exact) mass is 685 g/mol. The Kier molecular flexibility index (Phi) is 12.6. The molecule has 0 unspecified atom stereocenters. The van der Waals surface area contributed by atoms with Crippen LogP contribution in [0.4, 0.5) is 5.69 Å². The summed E-state index contributed by atoms with van der Waals surface area (Å²) in [6, 6.07) is 17.1. The SMILES string of the molecule is C=C1CN(S(=O)(=O)c2ccc(N(C)C)cc2)CCCN(CC2CCCCC2)CCCN(S(=O)(=O)N2CCC[C@@H](c3ccccc3)C2)C1. The van der Waals surface area contributed by atoms with E-state index < -0.39 is 20.2 Å². The summed E-state index contributed by atoms with van der Waals surface area (Å²) in [6.07, 6.45) is 9.52. The van der Waals surface area contributed by atoms with Gasteiger partial charge in [-0.15, -0.1) is 0 Å². The third kappa shape index (κ3) is 9.45. The van der Waals surface area contributed by atoms with Gasteiger partial charge in [-0.3, -0.25) is 0 Å². The molecule has 2 saturated heterocycles. The molecule has 1 aliphatic carbocycles. The minimum Gasteiger partial charge on any atom is -0.378 e. The zero-order valence-corrected chi connectivity index (χ0v) is 30.1. The summed E-state index contributed by atoms with van der Waals surface area (Å²) < 4.78 is 61.5. The molecule has 0 radical (unpaired) electrons.